The molecule has 0 fully saturated rings. The van der Waals surface area contributed by atoms with Gasteiger partial charge in [-0.2, -0.15) is 0 Å². The van der Waals surface area contributed by atoms with Crippen LogP contribution in [0.5, 0.6) is 0 Å². The van der Waals surface area contributed by atoms with E-state index in [1.165, 1.54) is 0 Å². The third-order valence-corrected chi connectivity index (χ3v) is 2.71. The van der Waals surface area contributed by atoms with Gasteiger partial charge in [-0.3, -0.25) is 4.98 Å². The number of thiocarbonyl (C=S) groups is 1. The highest BCUT2D eigenvalue weighted by Crippen LogP contribution is 2.18. The first-order valence-electron chi connectivity index (χ1n) is 5.22. The summed E-state index contributed by atoms with van der Waals surface area (Å²) in [6.07, 6.45) is 0. The third-order valence-electron chi connectivity index (χ3n) is 2.48. The third kappa shape index (κ3) is 2.34. The Hall–Kier alpha value is -1.54. The molecule has 0 saturated carbocycles. The van der Waals surface area contributed by atoms with Crippen molar-refractivity contribution in [2.45, 2.75) is 13.8 Å². The predicted octanol–water partition coefficient (Wildman–Crippen LogP) is 3.79. The van der Waals surface area contributed by atoms with Crippen molar-refractivity contribution in [3.63, 3.8) is 0 Å². The van der Waals surface area contributed by atoms with Gasteiger partial charge in [0.05, 0.1) is 5.69 Å². The Labute approximate surface area is 101 Å². The van der Waals surface area contributed by atoms with Crippen LogP contribution in [0.4, 0.5) is 0 Å². The second kappa shape index (κ2) is 4.54. The zero-order valence-corrected chi connectivity index (χ0v) is 10.2. The number of hydrogen-bond acceptors (Lipinski definition) is 2. The van der Waals surface area contributed by atoms with Gasteiger partial charge >= 0.3 is 0 Å². The molecular weight excluding hydrogens is 214 g/mol. The molecule has 0 aliphatic heterocycles. The van der Waals surface area contributed by atoms with E-state index >= 15 is 0 Å². The molecule has 0 unspecified atom stereocenters. The van der Waals surface area contributed by atoms with Crippen molar-refractivity contribution < 1.29 is 0 Å². The first kappa shape index (κ1) is 11.0. The van der Waals surface area contributed by atoms with Crippen molar-refractivity contribution in [3.05, 3.63) is 53.7 Å². The largest absolute Gasteiger partial charge is 0.253 e. The SMILES string of the molecule is CC(=S)c1ccc(-c2cccc(C)n2)cc1. The van der Waals surface area contributed by atoms with Crippen molar-refractivity contribution in [1.82, 2.24) is 4.98 Å². The minimum atomic E-state index is 0.920. The Bertz CT molecular complexity index is 515. The predicted molar refractivity (Wildman–Crippen MR) is 71.8 cm³/mol. The van der Waals surface area contributed by atoms with Crippen LogP contribution in [-0.2, 0) is 0 Å². The summed E-state index contributed by atoms with van der Waals surface area (Å²) in [5.74, 6) is 0. The van der Waals surface area contributed by atoms with E-state index in [1.807, 2.05) is 44.2 Å². The summed E-state index contributed by atoms with van der Waals surface area (Å²) in [7, 11) is 0. The Morgan fingerprint density at radius 2 is 1.75 bits per heavy atom. The number of nitrogens with zero attached hydrogens (tertiary/aromatic N) is 1. The molecule has 2 heteroatoms. The fraction of sp³-hybridized carbons (Fsp3) is 0.143. The number of aromatic nitrogens is 1. The van der Waals surface area contributed by atoms with E-state index in [-0.39, 0.29) is 0 Å². The van der Waals surface area contributed by atoms with Crippen molar-refractivity contribution in [1.29, 1.82) is 0 Å². The molecule has 0 radical (unpaired) electrons. The molecule has 0 saturated heterocycles. The van der Waals surface area contributed by atoms with Gasteiger partial charge < -0.3 is 0 Å². The minimum absolute atomic E-state index is 0.920. The van der Waals surface area contributed by atoms with Crippen LogP contribution in [0.2, 0.25) is 0 Å². The highest BCUT2D eigenvalue weighted by molar-refractivity contribution is 7.80. The topological polar surface area (TPSA) is 12.9 Å². The van der Waals surface area contributed by atoms with Crippen molar-refractivity contribution in [2.24, 2.45) is 0 Å². The molecule has 0 atom stereocenters. The number of rotatable bonds is 2. The van der Waals surface area contributed by atoms with Gasteiger partial charge in [0.25, 0.3) is 0 Å². The lowest BCUT2D eigenvalue weighted by atomic mass is 10.1. The number of benzene rings is 1. The Morgan fingerprint density at radius 1 is 1.06 bits per heavy atom. The molecule has 0 amide bonds. The fourth-order valence-corrected chi connectivity index (χ4v) is 1.72. The molecule has 0 bridgehead atoms. The summed E-state index contributed by atoms with van der Waals surface area (Å²) in [5, 5.41) is 0. The molecule has 1 aromatic carbocycles. The van der Waals surface area contributed by atoms with Gasteiger partial charge in [0, 0.05) is 16.1 Å². The van der Waals surface area contributed by atoms with Gasteiger partial charge in [0.15, 0.2) is 0 Å². The van der Waals surface area contributed by atoms with Gasteiger partial charge in [-0.1, -0.05) is 42.5 Å². The molecule has 0 aliphatic rings. The summed E-state index contributed by atoms with van der Waals surface area (Å²) in [6, 6.07) is 14.3. The maximum Gasteiger partial charge on any atom is 0.0705 e. The molecule has 2 aromatic rings. The van der Waals surface area contributed by atoms with Gasteiger partial charge in [-0.05, 0) is 31.5 Å². The van der Waals surface area contributed by atoms with E-state index in [4.69, 9.17) is 12.2 Å². The summed E-state index contributed by atoms with van der Waals surface area (Å²) < 4.78 is 0. The molecule has 1 aromatic heterocycles. The molecule has 2 rings (SSSR count). The fourth-order valence-electron chi connectivity index (χ4n) is 1.58. The molecule has 0 aliphatic carbocycles. The van der Waals surface area contributed by atoms with E-state index in [0.717, 1.165) is 27.4 Å². The summed E-state index contributed by atoms with van der Waals surface area (Å²) in [5.41, 5.74) is 4.27. The maximum absolute atomic E-state index is 5.13. The van der Waals surface area contributed by atoms with E-state index < -0.39 is 0 Å². The van der Waals surface area contributed by atoms with Crippen LogP contribution >= 0.6 is 12.2 Å². The van der Waals surface area contributed by atoms with Gasteiger partial charge in [-0.15, -0.1) is 0 Å². The van der Waals surface area contributed by atoms with Gasteiger partial charge in [0.1, 0.15) is 0 Å². The van der Waals surface area contributed by atoms with Crippen LogP contribution in [0, 0.1) is 6.92 Å². The zero-order chi connectivity index (χ0) is 11.5. The van der Waals surface area contributed by atoms with Crippen LogP contribution in [-0.4, -0.2) is 9.85 Å². The van der Waals surface area contributed by atoms with Crippen LogP contribution in [0.3, 0.4) is 0 Å². The van der Waals surface area contributed by atoms with E-state index in [2.05, 4.69) is 17.1 Å². The zero-order valence-electron chi connectivity index (χ0n) is 9.40. The Balaban J connectivity index is 2.38. The van der Waals surface area contributed by atoms with Crippen LogP contribution < -0.4 is 0 Å². The smallest absolute Gasteiger partial charge is 0.0705 e. The summed E-state index contributed by atoms with van der Waals surface area (Å²) >= 11 is 5.13. The molecule has 1 heterocycles. The highest BCUT2D eigenvalue weighted by Gasteiger charge is 2.00. The minimum Gasteiger partial charge on any atom is -0.253 e. The van der Waals surface area contributed by atoms with E-state index in [0.29, 0.717) is 0 Å². The normalized spacial score (nSPS) is 10.1. The van der Waals surface area contributed by atoms with Gasteiger partial charge in [0.2, 0.25) is 0 Å². The average Bonchev–Trinajstić information content (AvgIpc) is 2.29. The van der Waals surface area contributed by atoms with Gasteiger partial charge in [-0.25, -0.2) is 0 Å². The van der Waals surface area contributed by atoms with Crippen molar-refractivity contribution in [3.8, 4) is 11.3 Å². The second-order valence-corrected chi connectivity index (χ2v) is 4.41. The standard InChI is InChI=1S/C14H13NS/c1-10-4-3-5-14(15-10)13-8-6-12(7-9-13)11(2)16/h3-9H,1-2H3. The average molecular weight is 227 g/mol. The molecule has 16 heavy (non-hydrogen) atoms. The van der Waals surface area contributed by atoms with Crippen LogP contribution in [0.25, 0.3) is 11.3 Å². The molecule has 1 nitrogen and oxygen atoms in total. The molecular formula is C14H13NS. The first-order valence-corrected chi connectivity index (χ1v) is 5.62. The number of pyridine rings is 1. The Morgan fingerprint density at radius 3 is 2.31 bits per heavy atom. The number of aryl methyl sites for hydroxylation is 1. The van der Waals surface area contributed by atoms with Crippen LogP contribution in [0.1, 0.15) is 18.2 Å². The Kier molecular flexibility index (Phi) is 3.11. The van der Waals surface area contributed by atoms with Crippen LogP contribution in [0.15, 0.2) is 42.5 Å². The van der Waals surface area contributed by atoms with Crippen molar-refractivity contribution >= 4 is 17.1 Å². The molecule has 0 spiro atoms. The lowest BCUT2D eigenvalue weighted by Crippen LogP contribution is -1.90. The molecule has 80 valence electrons. The lowest BCUT2D eigenvalue weighted by Gasteiger charge is -2.03. The second-order valence-electron chi connectivity index (χ2n) is 3.80. The lowest BCUT2D eigenvalue weighted by molar-refractivity contribution is 1.20. The maximum atomic E-state index is 5.13. The number of hydrogen-bond donors (Lipinski definition) is 0. The molecule has 0 N–H and O–H groups in total. The van der Waals surface area contributed by atoms with E-state index in [1.54, 1.807) is 0 Å². The first-order chi connectivity index (χ1) is 7.66. The monoisotopic (exact) mass is 227 g/mol. The quantitative estimate of drug-likeness (QED) is 0.572. The van der Waals surface area contributed by atoms with Crippen molar-refractivity contribution in [2.75, 3.05) is 0 Å². The summed E-state index contributed by atoms with van der Waals surface area (Å²) in [6.45, 7) is 3.94. The highest BCUT2D eigenvalue weighted by atomic mass is 32.1. The van der Waals surface area contributed by atoms with E-state index in [9.17, 15) is 0 Å². The summed E-state index contributed by atoms with van der Waals surface area (Å²) in [4.78, 5) is 5.41.